The number of allylic oxidation sites excluding steroid dienone is 9. The Bertz CT molecular complexity index is 5650. The van der Waals surface area contributed by atoms with E-state index in [9.17, 15) is 39.1 Å². The summed E-state index contributed by atoms with van der Waals surface area (Å²) < 4.78 is 14.8. The van der Waals surface area contributed by atoms with Crippen molar-refractivity contribution in [1.29, 1.82) is 5.26 Å². The maximum atomic E-state index is 15.3. The first-order chi connectivity index (χ1) is 55.7. The molecule has 0 radical (unpaired) electrons. The summed E-state index contributed by atoms with van der Waals surface area (Å²) >= 11 is 0.988. The van der Waals surface area contributed by atoms with Crippen LogP contribution in [0.4, 0.5) is 0 Å². The van der Waals surface area contributed by atoms with Crippen molar-refractivity contribution in [3.63, 3.8) is 0 Å². The molecule has 11 heterocycles. The van der Waals surface area contributed by atoms with Crippen LogP contribution in [-0.2, 0) is 99.6 Å². The number of nitrogens with zero attached hydrogens (tertiary/aromatic N) is 10. The molecule has 4 amide bonds. The van der Waals surface area contributed by atoms with Gasteiger partial charge in [0, 0.05) is 55.3 Å². The first kappa shape index (κ1) is 92.6. The third-order valence-electron chi connectivity index (χ3n) is 22.9. The minimum Gasteiger partial charge on any atom is -0.657 e. The molecule has 0 aliphatic carbocycles. The maximum absolute atomic E-state index is 15.3. The number of unbranched alkanes of at least 4 members (excludes halogenated alkanes) is 3. The Morgan fingerprint density at radius 2 is 1.01 bits per heavy atom. The predicted molar refractivity (Wildman–Crippen MR) is 462 cm³/mol. The van der Waals surface area contributed by atoms with Crippen LogP contribution in [-0.4, -0.2) is 128 Å². The van der Waals surface area contributed by atoms with Crippen molar-refractivity contribution < 1.29 is 91.8 Å². The summed E-state index contributed by atoms with van der Waals surface area (Å²) in [5, 5.41) is 25.5. The number of aliphatic hydroxyl groups is 1. The smallest absolute Gasteiger partial charge is 0.657 e. The standard InChI is InChI=1S/C93H106N12O11S.2Zn/c1-19-61-53(7)69-35-71-58(12)66(82(101-71)42-84-68(31-34-115-50-107)60(14)76(104-84)40-80-64(22-4)56(10)74(100-80)38-77(61)97-69)28-29-87(110)116-52(6)45-96-90(113)93(18,47-92(17,46-91(15,16)48-94)89(112)95-44-51(5)108)117-85-43-86(109)105(88(85)111)32-26-24-23-25-27-65-57(11)75-39-79-63(21-3)55(9)73(99-79)37-78-62(20-2)54(8)70(98-78)36-72-59(13)67(30-33-114-49-106)83(102-72)41-81(65)103-75;;/h19-22,35-42,49-52,85,108H,1-4,23-34,43-47H2,5-18H3,(H4-2,95,96,97,98,99,100,101,102,103,104,112,113);;/q-2;2*+2/p-2. The molecule has 26 heteroatoms. The van der Waals surface area contributed by atoms with Gasteiger partial charge in [0.15, 0.2) is 0 Å². The van der Waals surface area contributed by atoms with E-state index in [1.807, 2.05) is 109 Å². The Balaban J connectivity index is 0.00000806. The van der Waals surface area contributed by atoms with Gasteiger partial charge in [-0.05, 0) is 173 Å². The first-order valence-corrected chi connectivity index (χ1v) is 40.7. The number of amides is 4. The Morgan fingerprint density at radius 3 is 1.50 bits per heavy atom. The second kappa shape index (κ2) is 39.3. The number of likely N-dealkylation sites (tertiary alicyclic amines) is 1. The molecule has 612 valence electrons. The number of fused-ring (bicyclic) bond motifs is 16. The van der Waals surface area contributed by atoms with Crippen LogP contribution < -0.4 is 30.6 Å². The van der Waals surface area contributed by atoms with E-state index in [1.54, 1.807) is 46.8 Å². The fourth-order valence-corrected chi connectivity index (χ4v) is 18.2. The largest absolute Gasteiger partial charge is 2.00 e. The number of hydrogen-bond donors (Lipinski definition) is 3. The number of aryl methyl sites for hydroxylation is 5. The monoisotopic (exact) mass is 1720 g/mol. The third kappa shape index (κ3) is 20.3. The van der Waals surface area contributed by atoms with Gasteiger partial charge in [-0.2, -0.15) is 5.26 Å². The summed E-state index contributed by atoms with van der Waals surface area (Å²) in [6, 6.07) is 17.9. The summed E-state index contributed by atoms with van der Waals surface area (Å²) in [6.07, 6.45) is 9.05. The normalized spacial score (nSPS) is 15.6. The number of ether oxygens (including phenoxy) is 3. The van der Waals surface area contributed by atoms with Gasteiger partial charge in [0.05, 0.1) is 92.9 Å². The Hall–Kier alpha value is -10.3. The molecule has 11 rings (SSSR count). The Kier molecular flexibility index (Phi) is 30.5. The summed E-state index contributed by atoms with van der Waals surface area (Å²) in [5.74, 6) is -2.56. The molecule has 5 unspecified atom stereocenters. The molecule has 16 bridgehead atoms. The Morgan fingerprint density at radius 1 is 0.571 bits per heavy atom. The molecular weight excluding hydrogens is 1620 g/mol. The van der Waals surface area contributed by atoms with Gasteiger partial charge in [-0.3, -0.25) is 38.5 Å². The van der Waals surface area contributed by atoms with Crippen molar-refractivity contribution in [3.05, 3.63) is 177 Å². The maximum Gasteiger partial charge on any atom is 2.00 e. The Labute approximate surface area is 725 Å². The van der Waals surface area contributed by atoms with Gasteiger partial charge in [-0.15, -0.1) is 55.9 Å². The van der Waals surface area contributed by atoms with Crippen molar-refractivity contribution in [3.8, 4) is 6.07 Å². The molecule has 5 aliphatic heterocycles. The molecule has 0 aromatic carbocycles. The zero-order valence-electron chi connectivity index (χ0n) is 71.0. The van der Waals surface area contributed by atoms with E-state index in [4.69, 9.17) is 54.1 Å². The van der Waals surface area contributed by atoms with Crippen molar-refractivity contribution >= 4 is 155 Å². The second-order valence-corrected chi connectivity index (χ2v) is 33.8. The minimum atomic E-state index is -1.63. The van der Waals surface area contributed by atoms with Crippen LogP contribution in [0.3, 0.4) is 0 Å². The number of rotatable bonds is 35. The SMILES string of the molecule is C=CC1=C(C)c2cc3[n-]c(cc4nc(cc5[n-]c(cc1n2)c(C)c5CCCCCCN1C(=O)CC(SC(C)(CC(C)(CC(C)(C)C#N)C(=O)NCC(C)O)C(=O)NCC(C)OC(=O)CCC2=C(C)c5cc6[n-]c(cc7nc(cc8[n-]c(cc2n5)c(CCOC=O)c8C)C(C=C)=C7C)c(C=C)c6C)C1=O)C(CCOC=O)=C4C)c(C)c3C=C.[Zn+2].[Zn+2]. The molecule has 6 aromatic rings. The molecular formula is C93H104N12O11SZn2. The minimum absolute atomic E-state index is 0. The molecule has 1 saturated heterocycles. The zero-order chi connectivity index (χ0) is 84.7. The van der Waals surface area contributed by atoms with Gasteiger partial charge in [-0.25, -0.2) is 19.9 Å². The van der Waals surface area contributed by atoms with Crippen molar-refractivity contribution in [1.82, 2.24) is 55.4 Å². The third-order valence-corrected chi connectivity index (χ3v) is 24.4. The van der Waals surface area contributed by atoms with Gasteiger partial charge in [0.2, 0.25) is 23.6 Å². The number of carbonyl (C=O) groups is 7. The topological polar surface area (TPSA) is 326 Å². The van der Waals surface area contributed by atoms with Crippen LogP contribution in [0.25, 0.3) is 101 Å². The van der Waals surface area contributed by atoms with Crippen LogP contribution in [0, 0.1) is 49.9 Å². The molecule has 3 N–H and O–H groups in total. The fourth-order valence-electron chi connectivity index (χ4n) is 16.5. The van der Waals surface area contributed by atoms with E-state index in [-0.39, 0.29) is 104 Å². The van der Waals surface area contributed by atoms with Gasteiger partial charge in [0.1, 0.15) is 6.10 Å². The van der Waals surface area contributed by atoms with E-state index in [2.05, 4.69) is 49.9 Å². The van der Waals surface area contributed by atoms with Gasteiger partial charge >= 0.3 is 44.9 Å². The van der Waals surface area contributed by atoms with Crippen molar-refractivity contribution in [2.75, 3.05) is 32.8 Å². The molecule has 0 spiro atoms. The van der Waals surface area contributed by atoms with Crippen LogP contribution in [0.2, 0.25) is 0 Å². The number of aliphatic hydroxyl groups excluding tert-OH is 1. The van der Waals surface area contributed by atoms with E-state index < -0.39 is 62.6 Å². The molecule has 5 aliphatic rings. The predicted octanol–water partition coefficient (Wildman–Crippen LogP) is 15.4. The van der Waals surface area contributed by atoms with Crippen molar-refractivity contribution in [2.24, 2.45) is 10.8 Å². The molecule has 0 saturated carbocycles. The average Bonchev–Trinajstić information content (AvgIpc) is 1.63. The van der Waals surface area contributed by atoms with Gasteiger partial charge < -0.3 is 49.9 Å². The fraction of sp³-hybridized carbons (Fsp3) is 0.398. The summed E-state index contributed by atoms with van der Waals surface area (Å²) in [7, 11) is 0. The number of imide groups is 1. The molecule has 23 nitrogen and oxygen atoms in total. The van der Waals surface area contributed by atoms with Gasteiger partial charge in [-0.1, -0.05) is 152 Å². The number of thioether (sulfide) groups is 1. The summed E-state index contributed by atoms with van der Waals surface area (Å²) in [5.41, 5.74) is 22.7. The number of hydrogen-bond acceptors (Lipinski definition) is 17. The van der Waals surface area contributed by atoms with E-state index in [0.717, 1.165) is 153 Å². The molecule has 6 aromatic heterocycles. The average molecular weight is 1730 g/mol. The van der Waals surface area contributed by atoms with Crippen LogP contribution in [0.5, 0.6) is 0 Å². The second-order valence-electron chi connectivity index (χ2n) is 32.1. The molecule has 1 fully saturated rings. The summed E-state index contributed by atoms with van der Waals surface area (Å²) in [4.78, 5) is 138. The number of aromatic nitrogens is 8. The zero-order valence-corrected chi connectivity index (χ0v) is 77.7. The van der Waals surface area contributed by atoms with E-state index in [0.29, 0.717) is 95.6 Å². The molecule has 119 heavy (non-hydrogen) atoms. The van der Waals surface area contributed by atoms with Crippen molar-refractivity contribution in [2.45, 2.75) is 196 Å². The first-order valence-electron chi connectivity index (χ1n) is 39.8. The molecule has 5 atom stereocenters. The van der Waals surface area contributed by atoms with Crippen LogP contribution >= 0.6 is 11.8 Å². The summed E-state index contributed by atoms with van der Waals surface area (Å²) in [6.45, 7) is 43.3. The number of esters is 1. The van der Waals surface area contributed by atoms with E-state index >= 15 is 4.79 Å². The van der Waals surface area contributed by atoms with Gasteiger partial charge in [0.25, 0.3) is 12.9 Å². The van der Waals surface area contributed by atoms with E-state index in [1.165, 1.54) is 11.8 Å². The van der Waals surface area contributed by atoms with Crippen LogP contribution in [0.15, 0.2) is 87.0 Å². The number of nitriles is 1. The van der Waals surface area contributed by atoms with Crippen LogP contribution in [0.1, 0.15) is 224 Å². The quantitative estimate of drug-likeness (QED) is 0.00831. The number of nitrogens with one attached hydrogen (secondary N) is 2. The number of carbonyl (C=O) groups excluding carboxylic acids is 7.